The van der Waals surface area contributed by atoms with Gasteiger partial charge in [-0.05, 0) is 11.6 Å². The second-order valence-corrected chi connectivity index (χ2v) is 7.12. The smallest absolute Gasteiger partial charge is 0.262 e. The van der Waals surface area contributed by atoms with Gasteiger partial charge >= 0.3 is 0 Å². The fourth-order valence-corrected chi connectivity index (χ4v) is 3.72. The quantitative estimate of drug-likeness (QED) is 0.788. The third-order valence-corrected chi connectivity index (χ3v) is 5.17. The molecule has 3 N–H and O–H groups in total. The predicted molar refractivity (Wildman–Crippen MR) is 101 cm³/mol. The molecule has 0 saturated carbocycles. The van der Waals surface area contributed by atoms with Crippen molar-refractivity contribution in [3.05, 3.63) is 46.5 Å². The van der Waals surface area contributed by atoms with Gasteiger partial charge in [0.1, 0.15) is 35.3 Å². The summed E-state index contributed by atoms with van der Waals surface area (Å²) in [7, 11) is 0. The Morgan fingerprint density at radius 1 is 1.28 bits per heavy atom. The third-order valence-electron chi connectivity index (χ3n) is 4.74. The van der Waals surface area contributed by atoms with Gasteiger partial charge in [-0.3, -0.25) is 9.59 Å². The molecule has 2 aromatic rings. The molecule has 0 spiro atoms. The van der Waals surface area contributed by atoms with Crippen LogP contribution in [0.15, 0.2) is 24.3 Å². The molecule has 29 heavy (non-hydrogen) atoms. The maximum Gasteiger partial charge on any atom is 0.262 e. The zero-order valence-corrected chi connectivity index (χ0v) is 15.8. The summed E-state index contributed by atoms with van der Waals surface area (Å²) >= 11 is 6.46. The molecule has 0 unspecified atom stereocenters. The highest BCUT2D eigenvalue weighted by Crippen LogP contribution is 2.42. The summed E-state index contributed by atoms with van der Waals surface area (Å²) in [4.78, 5) is 24.7. The van der Waals surface area contributed by atoms with Gasteiger partial charge in [-0.15, -0.1) is 0 Å². The van der Waals surface area contributed by atoms with E-state index in [-0.39, 0.29) is 48.5 Å². The molecule has 0 aliphatic carbocycles. The van der Waals surface area contributed by atoms with E-state index in [2.05, 4.69) is 5.32 Å². The Morgan fingerprint density at radius 3 is 2.83 bits per heavy atom. The van der Waals surface area contributed by atoms with Crippen molar-refractivity contribution in [2.45, 2.75) is 19.0 Å². The number of halogens is 3. The van der Waals surface area contributed by atoms with E-state index < -0.39 is 23.6 Å². The van der Waals surface area contributed by atoms with Crippen molar-refractivity contribution in [1.29, 1.82) is 0 Å². The SMILES string of the molecule is NC(=O)C[C@H]1COc2cc(F)cc(F)c2N1Cc1ccc2c(c1Cl)NC(=O)CO2. The van der Waals surface area contributed by atoms with Crippen LogP contribution in [0.3, 0.4) is 0 Å². The number of fused-ring (bicyclic) bond motifs is 2. The zero-order chi connectivity index (χ0) is 20.7. The molecule has 152 valence electrons. The maximum atomic E-state index is 14.6. The van der Waals surface area contributed by atoms with Crippen molar-refractivity contribution in [3.8, 4) is 11.5 Å². The van der Waals surface area contributed by atoms with Gasteiger partial charge in [0.2, 0.25) is 5.91 Å². The normalized spacial score (nSPS) is 17.6. The monoisotopic (exact) mass is 423 g/mol. The molecule has 2 amide bonds. The van der Waals surface area contributed by atoms with Crippen LogP contribution in [-0.4, -0.2) is 31.1 Å². The number of primary amides is 1. The van der Waals surface area contributed by atoms with Crippen molar-refractivity contribution in [3.63, 3.8) is 0 Å². The Labute approximate surface area is 169 Å². The number of carbonyl (C=O) groups excluding carboxylic acids is 2. The summed E-state index contributed by atoms with van der Waals surface area (Å²) in [5, 5.41) is 2.88. The van der Waals surface area contributed by atoms with Crippen molar-refractivity contribution in [1.82, 2.24) is 0 Å². The molecular formula is C19H16ClF2N3O4. The van der Waals surface area contributed by atoms with Crippen LogP contribution < -0.4 is 25.4 Å². The number of carbonyl (C=O) groups is 2. The lowest BCUT2D eigenvalue weighted by atomic mass is 10.0. The number of hydrogen-bond donors (Lipinski definition) is 2. The highest BCUT2D eigenvalue weighted by Gasteiger charge is 2.33. The van der Waals surface area contributed by atoms with Crippen LogP contribution in [-0.2, 0) is 16.1 Å². The van der Waals surface area contributed by atoms with E-state index >= 15 is 0 Å². The Hall–Kier alpha value is -3.07. The summed E-state index contributed by atoms with van der Waals surface area (Å²) in [6, 6.07) is 4.55. The Morgan fingerprint density at radius 2 is 2.07 bits per heavy atom. The Bertz CT molecular complexity index is 1020. The van der Waals surface area contributed by atoms with E-state index in [0.717, 1.165) is 12.1 Å². The number of anilines is 2. The van der Waals surface area contributed by atoms with Gasteiger partial charge in [-0.2, -0.15) is 0 Å². The first-order chi connectivity index (χ1) is 13.8. The summed E-state index contributed by atoms with van der Waals surface area (Å²) in [5.41, 5.74) is 6.21. The largest absolute Gasteiger partial charge is 0.489 e. The van der Waals surface area contributed by atoms with Gasteiger partial charge in [-0.1, -0.05) is 17.7 Å². The molecule has 2 aliphatic heterocycles. The van der Waals surface area contributed by atoms with Crippen LogP contribution in [0, 0.1) is 11.6 Å². The fourth-order valence-electron chi connectivity index (χ4n) is 3.46. The molecule has 0 radical (unpaired) electrons. The standard InChI is InChI=1S/C19H16ClF2N3O4/c20-17-9(1-2-13-18(17)24-16(27)8-29-13)6-25-11(5-15(23)26)7-28-14-4-10(21)3-12(22)19(14)25/h1-4,11H,5-8H2,(H2,23,26)(H,24,27)/t11-/m0/s1. The molecule has 2 aromatic carbocycles. The summed E-state index contributed by atoms with van der Waals surface area (Å²) in [5.74, 6) is -2.11. The molecular weight excluding hydrogens is 408 g/mol. The predicted octanol–water partition coefficient (Wildman–Crippen LogP) is 2.59. The molecule has 0 fully saturated rings. The first-order valence-corrected chi connectivity index (χ1v) is 9.12. The third kappa shape index (κ3) is 3.65. The van der Waals surface area contributed by atoms with E-state index in [4.69, 9.17) is 26.8 Å². The van der Waals surface area contributed by atoms with Gasteiger partial charge in [0.15, 0.2) is 12.4 Å². The van der Waals surface area contributed by atoms with Crippen molar-refractivity contribution < 1.29 is 27.8 Å². The van der Waals surface area contributed by atoms with Crippen LogP contribution >= 0.6 is 11.6 Å². The van der Waals surface area contributed by atoms with Crippen molar-refractivity contribution >= 4 is 34.8 Å². The molecule has 2 aliphatic rings. The summed E-state index contributed by atoms with van der Waals surface area (Å²) in [6.07, 6.45) is -0.0985. The highest BCUT2D eigenvalue weighted by molar-refractivity contribution is 6.35. The molecule has 4 rings (SSSR count). The van der Waals surface area contributed by atoms with Gasteiger partial charge in [0, 0.05) is 18.7 Å². The second kappa shape index (κ2) is 7.40. The van der Waals surface area contributed by atoms with Crippen molar-refractivity contribution in [2.75, 3.05) is 23.4 Å². The lowest BCUT2D eigenvalue weighted by Gasteiger charge is -2.38. The van der Waals surface area contributed by atoms with Crippen LogP contribution in [0.2, 0.25) is 5.02 Å². The molecule has 0 saturated heterocycles. The molecule has 7 nitrogen and oxygen atoms in total. The van der Waals surface area contributed by atoms with E-state index in [1.165, 1.54) is 0 Å². The van der Waals surface area contributed by atoms with E-state index in [1.54, 1.807) is 17.0 Å². The molecule has 0 bridgehead atoms. The molecule has 2 heterocycles. The van der Waals surface area contributed by atoms with Gasteiger partial charge < -0.3 is 25.4 Å². The topological polar surface area (TPSA) is 93.9 Å². The number of benzene rings is 2. The Kier molecular flexibility index (Phi) is 4.91. The van der Waals surface area contributed by atoms with Crippen LogP contribution in [0.25, 0.3) is 0 Å². The zero-order valence-electron chi connectivity index (χ0n) is 15.0. The van der Waals surface area contributed by atoms with Crippen molar-refractivity contribution in [2.24, 2.45) is 5.73 Å². The number of nitrogens with one attached hydrogen (secondary N) is 1. The van der Waals surface area contributed by atoms with Crippen LogP contribution in [0.4, 0.5) is 20.2 Å². The minimum Gasteiger partial charge on any atom is -0.489 e. The summed E-state index contributed by atoms with van der Waals surface area (Å²) < 4.78 is 39.0. The lowest BCUT2D eigenvalue weighted by Crippen LogP contribution is -2.45. The molecule has 10 heteroatoms. The van der Waals surface area contributed by atoms with Crippen LogP contribution in [0.5, 0.6) is 11.5 Å². The number of nitrogens with zero attached hydrogens (tertiary/aromatic N) is 1. The lowest BCUT2D eigenvalue weighted by molar-refractivity contribution is -0.119. The number of amides is 2. The van der Waals surface area contributed by atoms with E-state index in [0.29, 0.717) is 17.0 Å². The van der Waals surface area contributed by atoms with Gasteiger partial charge in [-0.25, -0.2) is 8.78 Å². The average Bonchev–Trinajstić information content (AvgIpc) is 2.65. The Balaban J connectivity index is 1.75. The van der Waals surface area contributed by atoms with Crippen LogP contribution in [0.1, 0.15) is 12.0 Å². The van der Waals surface area contributed by atoms with E-state index in [1.807, 2.05) is 0 Å². The van der Waals surface area contributed by atoms with Gasteiger partial charge in [0.25, 0.3) is 5.91 Å². The minimum atomic E-state index is -0.833. The highest BCUT2D eigenvalue weighted by atomic mass is 35.5. The molecule has 1 atom stereocenters. The fraction of sp³-hybridized carbons (Fsp3) is 0.263. The molecule has 0 aromatic heterocycles. The average molecular weight is 424 g/mol. The number of ether oxygens (including phenoxy) is 2. The van der Waals surface area contributed by atoms with Gasteiger partial charge in [0.05, 0.1) is 17.5 Å². The number of rotatable bonds is 4. The first kappa shape index (κ1) is 19.3. The summed E-state index contributed by atoms with van der Waals surface area (Å²) in [6.45, 7) is -0.0307. The maximum absolute atomic E-state index is 14.6. The van der Waals surface area contributed by atoms with E-state index in [9.17, 15) is 18.4 Å². The second-order valence-electron chi connectivity index (χ2n) is 6.75. The number of nitrogens with two attached hydrogens (primary N) is 1. The first-order valence-electron chi connectivity index (χ1n) is 8.74. The minimum absolute atomic E-state index is 0.0120. The number of hydrogen-bond acceptors (Lipinski definition) is 5.